The summed E-state index contributed by atoms with van der Waals surface area (Å²) in [6.07, 6.45) is 0.570. The molecule has 0 saturated carbocycles. The second kappa shape index (κ2) is 7.40. The number of carbonyl (C=O) groups is 3. The summed E-state index contributed by atoms with van der Waals surface area (Å²) in [5.41, 5.74) is 0.842. The molecule has 0 aliphatic rings. The van der Waals surface area contributed by atoms with Crippen LogP contribution in [0.15, 0.2) is 34.7 Å². The first-order valence-corrected chi connectivity index (χ1v) is 7.14. The van der Waals surface area contributed by atoms with Crippen molar-refractivity contribution >= 4 is 18.2 Å². The summed E-state index contributed by atoms with van der Waals surface area (Å²) >= 11 is 0. The van der Waals surface area contributed by atoms with Crippen LogP contribution in [0.1, 0.15) is 45.1 Å². The minimum absolute atomic E-state index is 0.143. The number of esters is 2. The lowest BCUT2D eigenvalue weighted by Gasteiger charge is -2.09. The van der Waals surface area contributed by atoms with Crippen LogP contribution >= 0.6 is 0 Å². The van der Waals surface area contributed by atoms with Crippen LogP contribution in [-0.4, -0.2) is 31.4 Å². The summed E-state index contributed by atoms with van der Waals surface area (Å²) < 4.78 is 15.3. The molecule has 0 atom stereocenters. The second-order valence-corrected chi connectivity index (χ2v) is 4.52. The summed E-state index contributed by atoms with van der Waals surface area (Å²) in [5.74, 6) is -0.634. The van der Waals surface area contributed by atoms with E-state index in [9.17, 15) is 14.4 Å². The largest absolute Gasteiger partial charge is 0.462 e. The van der Waals surface area contributed by atoms with Crippen molar-refractivity contribution in [3.8, 4) is 11.3 Å². The van der Waals surface area contributed by atoms with E-state index < -0.39 is 11.9 Å². The maximum absolute atomic E-state index is 12.2. The zero-order valence-corrected chi connectivity index (χ0v) is 12.8. The molecular weight excluding hydrogens is 300 g/mol. The molecule has 0 N–H and O–H groups in total. The summed E-state index contributed by atoms with van der Waals surface area (Å²) in [6, 6.07) is 7.56. The quantitative estimate of drug-likeness (QED) is 0.601. The Labute approximate surface area is 133 Å². The van der Waals surface area contributed by atoms with Crippen molar-refractivity contribution in [3.63, 3.8) is 0 Å². The van der Waals surface area contributed by atoms with Crippen LogP contribution < -0.4 is 0 Å². The van der Waals surface area contributed by atoms with Gasteiger partial charge < -0.3 is 13.9 Å². The Morgan fingerprint density at radius 3 is 2.35 bits per heavy atom. The fourth-order valence-corrected chi connectivity index (χ4v) is 2.04. The number of hydrogen-bond donors (Lipinski definition) is 0. The first-order valence-electron chi connectivity index (χ1n) is 7.14. The Kier molecular flexibility index (Phi) is 5.30. The lowest BCUT2D eigenvalue weighted by atomic mass is 10.0. The third-order valence-electron chi connectivity index (χ3n) is 3.03. The van der Waals surface area contributed by atoms with Crippen LogP contribution in [0.2, 0.25) is 0 Å². The SMILES string of the molecule is CCOC(=O)c1ccc(-c2ccc(C=O)o2)c(C(=O)OCC)c1. The standard InChI is InChI=1S/C17H16O6/c1-3-21-16(19)11-5-7-13(14(9-11)17(20)22-4-2)15-8-6-12(10-18)23-15/h5-10H,3-4H2,1-2H3. The molecule has 2 rings (SSSR count). The molecule has 2 aromatic rings. The molecule has 0 aliphatic carbocycles. The lowest BCUT2D eigenvalue weighted by Crippen LogP contribution is -2.10. The molecular formula is C17H16O6. The number of aldehydes is 1. The van der Waals surface area contributed by atoms with Crippen molar-refractivity contribution in [1.29, 1.82) is 0 Å². The van der Waals surface area contributed by atoms with Gasteiger partial charge >= 0.3 is 11.9 Å². The number of benzene rings is 1. The van der Waals surface area contributed by atoms with E-state index in [1.807, 2.05) is 0 Å². The number of hydrogen-bond acceptors (Lipinski definition) is 6. The van der Waals surface area contributed by atoms with Crippen LogP contribution in [0.3, 0.4) is 0 Å². The van der Waals surface area contributed by atoms with Gasteiger partial charge in [0.15, 0.2) is 12.0 Å². The van der Waals surface area contributed by atoms with E-state index in [0.29, 0.717) is 17.6 Å². The van der Waals surface area contributed by atoms with Crippen molar-refractivity contribution in [3.05, 3.63) is 47.2 Å². The van der Waals surface area contributed by atoms with Gasteiger partial charge in [0, 0.05) is 5.56 Å². The molecule has 0 spiro atoms. The highest BCUT2D eigenvalue weighted by atomic mass is 16.5. The Morgan fingerprint density at radius 2 is 1.74 bits per heavy atom. The Bertz CT molecular complexity index is 728. The van der Waals surface area contributed by atoms with Gasteiger partial charge in [0.05, 0.1) is 24.3 Å². The minimum atomic E-state index is -0.585. The smallest absolute Gasteiger partial charge is 0.338 e. The van der Waals surface area contributed by atoms with E-state index in [4.69, 9.17) is 13.9 Å². The highest BCUT2D eigenvalue weighted by Crippen LogP contribution is 2.27. The Hall–Kier alpha value is -2.89. The van der Waals surface area contributed by atoms with E-state index in [1.54, 1.807) is 26.0 Å². The topological polar surface area (TPSA) is 82.8 Å². The van der Waals surface area contributed by atoms with Crippen LogP contribution in [-0.2, 0) is 9.47 Å². The molecule has 23 heavy (non-hydrogen) atoms. The van der Waals surface area contributed by atoms with Gasteiger partial charge in [0.2, 0.25) is 0 Å². The molecule has 0 fully saturated rings. The van der Waals surface area contributed by atoms with Crippen LogP contribution in [0.4, 0.5) is 0 Å². The minimum Gasteiger partial charge on any atom is -0.462 e. The number of ether oxygens (including phenoxy) is 2. The first kappa shape index (κ1) is 16.5. The van der Waals surface area contributed by atoms with Gasteiger partial charge in [-0.1, -0.05) is 0 Å². The molecule has 0 radical (unpaired) electrons. The predicted molar refractivity (Wildman–Crippen MR) is 81.4 cm³/mol. The van der Waals surface area contributed by atoms with Crippen LogP contribution in [0.25, 0.3) is 11.3 Å². The zero-order valence-electron chi connectivity index (χ0n) is 12.8. The van der Waals surface area contributed by atoms with E-state index in [-0.39, 0.29) is 30.1 Å². The van der Waals surface area contributed by atoms with Crippen LogP contribution in [0.5, 0.6) is 0 Å². The molecule has 0 bridgehead atoms. The summed E-state index contributed by atoms with van der Waals surface area (Å²) in [6.45, 7) is 3.81. The summed E-state index contributed by atoms with van der Waals surface area (Å²) in [7, 11) is 0. The molecule has 1 aromatic heterocycles. The normalized spacial score (nSPS) is 10.2. The van der Waals surface area contributed by atoms with Crippen molar-refractivity contribution in [1.82, 2.24) is 0 Å². The maximum atomic E-state index is 12.2. The van der Waals surface area contributed by atoms with E-state index in [0.717, 1.165) is 0 Å². The second-order valence-electron chi connectivity index (χ2n) is 4.52. The molecule has 0 unspecified atom stereocenters. The average Bonchev–Trinajstić information content (AvgIpc) is 3.03. The molecule has 6 heteroatoms. The van der Waals surface area contributed by atoms with Gasteiger partial charge in [0.25, 0.3) is 0 Å². The van der Waals surface area contributed by atoms with E-state index >= 15 is 0 Å². The van der Waals surface area contributed by atoms with E-state index in [1.165, 1.54) is 18.2 Å². The van der Waals surface area contributed by atoms with Gasteiger partial charge in [-0.05, 0) is 44.2 Å². The Morgan fingerprint density at radius 1 is 1.04 bits per heavy atom. The van der Waals surface area contributed by atoms with Crippen molar-refractivity contribution < 1.29 is 28.3 Å². The van der Waals surface area contributed by atoms with Gasteiger partial charge in [0.1, 0.15) is 5.76 Å². The fraction of sp³-hybridized carbons (Fsp3) is 0.235. The van der Waals surface area contributed by atoms with Crippen molar-refractivity contribution in [2.24, 2.45) is 0 Å². The van der Waals surface area contributed by atoms with Gasteiger partial charge in [-0.3, -0.25) is 4.79 Å². The predicted octanol–water partition coefficient (Wildman–Crippen LogP) is 3.11. The summed E-state index contributed by atoms with van der Waals surface area (Å²) in [5, 5.41) is 0. The van der Waals surface area contributed by atoms with Gasteiger partial charge in [-0.2, -0.15) is 0 Å². The highest BCUT2D eigenvalue weighted by molar-refractivity contribution is 6.00. The summed E-state index contributed by atoms with van der Waals surface area (Å²) in [4.78, 5) is 34.7. The van der Waals surface area contributed by atoms with Crippen LogP contribution in [0, 0.1) is 0 Å². The molecule has 0 aliphatic heterocycles. The third-order valence-corrected chi connectivity index (χ3v) is 3.03. The molecule has 1 aromatic carbocycles. The van der Waals surface area contributed by atoms with Crippen molar-refractivity contribution in [2.45, 2.75) is 13.8 Å². The molecule has 0 amide bonds. The molecule has 0 saturated heterocycles. The molecule has 1 heterocycles. The Balaban J connectivity index is 2.50. The maximum Gasteiger partial charge on any atom is 0.338 e. The first-order chi connectivity index (χ1) is 11.1. The van der Waals surface area contributed by atoms with Gasteiger partial charge in [-0.15, -0.1) is 0 Å². The van der Waals surface area contributed by atoms with Gasteiger partial charge in [-0.25, -0.2) is 9.59 Å². The monoisotopic (exact) mass is 316 g/mol. The lowest BCUT2D eigenvalue weighted by molar-refractivity contribution is 0.0525. The number of rotatable bonds is 6. The fourth-order valence-electron chi connectivity index (χ4n) is 2.04. The van der Waals surface area contributed by atoms with Crippen molar-refractivity contribution in [2.75, 3.05) is 13.2 Å². The zero-order chi connectivity index (χ0) is 16.8. The third kappa shape index (κ3) is 3.66. The molecule has 120 valence electrons. The number of furan rings is 1. The molecule has 6 nitrogen and oxygen atoms in total. The highest BCUT2D eigenvalue weighted by Gasteiger charge is 2.19. The average molecular weight is 316 g/mol. The van der Waals surface area contributed by atoms with E-state index in [2.05, 4.69) is 0 Å². The number of carbonyl (C=O) groups excluding carboxylic acids is 3.